The van der Waals surface area contributed by atoms with Crippen LogP contribution < -0.4 is 4.74 Å². The topological polar surface area (TPSA) is 43.4 Å². The third-order valence-electron chi connectivity index (χ3n) is 4.44. The van der Waals surface area contributed by atoms with Crippen molar-refractivity contribution in [2.24, 2.45) is 0 Å². The normalized spacial score (nSPS) is 11.8. The van der Waals surface area contributed by atoms with Crippen LogP contribution in [-0.4, -0.2) is 20.8 Å². The first kappa shape index (κ1) is 18.5. The first-order valence-corrected chi connectivity index (χ1v) is 10.6. The van der Waals surface area contributed by atoms with E-state index in [1.807, 2.05) is 54.6 Å². The summed E-state index contributed by atoms with van der Waals surface area (Å²) in [5.41, 5.74) is 1.14. The molecule has 0 aliphatic carbocycles. The predicted octanol–water partition coefficient (Wildman–Crippen LogP) is 5.21. The summed E-state index contributed by atoms with van der Waals surface area (Å²) in [6.07, 6.45) is 0.460. The Kier molecular flexibility index (Phi) is 5.62. The highest BCUT2D eigenvalue weighted by Crippen LogP contribution is 2.26. The van der Waals surface area contributed by atoms with E-state index in [4.69, 9.17) is 4.74 Å². The van der Waals surface area contributed by atoms with E-state index in [0.717, 1.165) is 22.1 Å². The molecule has 0 saturated heterocycles. The van der Waals surface area contributed by atoms with Crippen molar-refractivity contribution in [3.8, 4) is 5.75 Å². The Morgan fingerprint density at radius 2 is 1.58 bits per heavy atom. The van der Waals surface area contributed by atoms with Crippen molar-refractivity contribution >= 4 is 20.6 Å². The van der Waals surface area contributed by atoms with Gasteiger partial charge in [-0.15, -0.1) is 0 Å². The quantitative estimate of drug-likeness (QED) is 0.538. The van der Waals surface area contributed by atoms with Crippen LogP contribution in [0.1, 0.15) is 31.7 Å². The van der Waals surface area contributed by atoms with E-state index in [9.17, 15) is 8.42 Å². The van der Waals surface area contributed by atoms with Gasteiger partial charge < -0.3 is 4.74 Å². The summed E-state index contributed by atoms with van der Waals surface area (Å²) in [6, 6.07) is 21.0. The molecular weight excluding hydrogens is 344 g/mol. The third kappa shape index (κ3) is 4.25. The van der Waals surface area contributed by atoms with Crippen molar-refractivity contribution in [1.29, 1.82) is 0 Å². The van der Waals surface area contributed by atoms with Gasteiger partial charge in [0.1, 0.15) is 5.75 Å². The predicted molar refractivity (Wildman–Crippen MR) is 107 cm³/mol. The smallest absolute Gasteiger partial charge is 0.178 e. The van der Waals surface area contributed by atoms with E-state index in [0.29, 0.717) is 23.8 Å². The average Bonchev–Trinajstić information content (AvgIpc) is 2.65. The fourth-order valence-electron chi connectivity index (χ4n) is 3.00. The zero-order valence-electron chi connectivity index (χ0n) is 15.2. The SMILES string of the molecule is CC(C)c1ccccc1OCCCS(=O)(=O)c1ccc2ccccc2c1. The molecule has 3 aromatic rings. The minimum Gasteiger partial charge on any atom is -0.493 e. The summed E-state index contributed by atoms with van der Waals surface area (Å²) in [4.78, 5) is 0.374. The maximum absolute atomic E-state index is 12.6. The summed E-state index contributed by atoms with van der Waals surface area (Å²) >= 11 is 0. The van der Waals surface area contributed by atoms with Gasteiger partial charge in [0, 0.05) is 0 Å². The average molecular weight is 368 g/mol. The van der Waals surface area contributed by atoms with Gasteiger partial charge in [-0.1, -0.05) is 62.4 Å². The van der Waals surface area contributed by atoms with Crippen molar-refractivity contribution in [1.82, 2.24) is 0 Å². The van der Waals surface area contributed by atoms with Crippen LogP contribution in [0.25, 0.3) is 10.8 Å². The molecule has 3 nitrogen and oxygen atoms in total. The fourth-order valence-corrected chi connectivity index (χ4v) is 4.31. The maximum atomic E-state index is 12.6. The van der Waals surface area contributed by atoms with E-state index in [1.54, 1.807) is 12.1 Å². The van der Waals surface area contributed by atoms with E-state index in [2.05, 4.69) is 13.8 Å². The second-order valence-corrected chi connectivity index (χ2v) is 8.83. The highest BCUT2D eigenvalue weighted by atomic mass is 32.2. The number of ether oxygens (including phenoxy) is 1. The van der Waals surface area contributed by atoms with Crippen LogP contribution >= 0.6 is 0 Å². The van der Waals surface area contributed by atoms with Crippen molar-refractivity contribution < 1.29 is 13.2 Å². The zero-order chi connectivity index (χ0) is 18.6. The fraction of sp³-hybridized carbons (Fsp3) is 0.273. The van der Waals surface area contributed by atoms with Gasteiger partial charge in [0.25, 0.3) is 0 Å². The van der Waals surface area contributed by atoms with Gasteiger partial charge in [0.15, 0.2) is 9.84 Å². The molecule has 4 heteroatoms. The van der Waals surface area contributed by atoms with Gasteiger partial charge in [-0.2, -0.15) is 0 Å². The zero-order valence-corrected chi connectivity index (χ0v) is 16.0. The molecule has 0 aliphatic heterocycles. The van der Waals surface area contributed by atoms with Crippen LogP contribution in [0, 0.1) is 0 Å². The maximum Gasteiger partial charge on any atom is 0.178 e. The van der Waals surface area contributed by atoms with E-state index >= 15 is 0 Å². The number of benzene rings is 3. The molecule has 0 spiro atoms. The highest BCUT2D eigenvalue weighted by Gasteiger charge is 2.15. The number of fused-ring (bicyclic) bond motifs is 1. The molecule has 0 unspecified atom stereocenters. The standard InChI is InChI=1S/C22H24O3S/c1-17(2)21-10-5-6-11-22(21)25-14-7-15-26(23,24)20-13-12-18-8-3-4-9-19(18)16-20/h3-6,8-13,16-17H,7,14-15H2,1-2H3. The van der Waals surface area contributed by atoms with Crippen LogP contribution in [0.4, 0.5) is 0 Å². The number of para-hydroxylation sites is 1. The Hall–Kier alpha value is -2.33. The van der Waals surface area contributed by atoms with Gasteiger partial charge in [-0.25, -0.2) is 8.42 Å². The summed E-state index contributed by atoms with van der Waals surface area (Å²) in [7, 11) is -3.31. The molecule has 0 radical (unpaired) electrons. The Morgan fingerprint density at radius 3 is 2.35 bits per heavy atom. The second-order valence-electron chi connectivity index (χ2n) is 6.72. The van der Waals surface area contributed by atoms with Gasteiger partial charge in [0.2, 0.25) is 0 Å². The minimum atomic E-state index is -3.31. The molecular formula is C22H24O3S. The summed E-state index contributed by atoms with van der Waals surface area (Å²) < 4.78 is 31.0. The Labute approximate surface area is 155 Å². The van der Waals surface area contributed by atoms with Crippen LogP contribution in [-0.2, 0) is 9.84 Å². The molecule has 0 aromatic heterocycles. The first-order chi connectivity index (χ1) is 12.5. The monoisotopic (exact) mass is 368 g/mol. The summed E-state index contributed by atoms with van der Waals surface area (Å²) in [5.74, 6) is 1.29. The largest absolute Gasteiger partial charge is 0.493 e. The molecule has 3 rings (SSSR count). The second kappa shape index (κ2) is 7.92. The Morgan fingerprint density at radius 1 is 0.885 bits per heavy atom. The lowest BCUT2D eigenvalue weighted by Crippen LogP contribution is -2.11. The molecule has 0 bridgehead atoms. The van der Waals surface area contributed by atoms with E-state index in [1.165, 1.54) is 0 Å². The van der Waals surface area contributed by atoms with Crippen molar-refractivity contribution in [3.63, 3.8) is 0 Å². The van der Waals surface area contributed by atoms with Gasteiger partial charge in [-0.05, 0) is 46.9 Å². The molecule has 0 heterocycles. The van der Waals surface area contributed by atoms with E-state index < -0.39 is 9.84 Å². The van der Waals surface area contributed by atoms with Gasteiger partial charge in [-0.3, -0.25) is 0 Å². The van der Waals surface area contributed by atoms with E-state index in [-0.39, 0.29) is 5.75 Å². The van der Waals surface area contributed by atoms with Gasteiger partial charge >= 0.3 is 0 Å². The molecule has 136 valence electrons. The highest BCUT2D eigenvalue weighted by molar-refractivity contribution is 7.91. The molecule has 0 fully saturated rings. The third-order valence-corrected chi connectivity index (χ3v) is 6.23. The summed E-state index contributed by atoms with van der Waals surface area (Å²) in [5, 5.41) is 1.98. The van der Waals surface area contributed by atoms with Gasteiger partial charge in [0.05, 0.1) is 17.3 Å². The van der Waals surface area contributed by atoms with Crippen LogP contribution in [0.5, 0.6) is 5.75 Å². The molecule has 0 saturated carbocycles. The number of hydrogen-bond donors (Lipinski definition) is 0. The van der Waals surface area contributed by atoms with Crippen LogP contribution in [0.15, 0.2) is 71.6 Å². The Bertz CT molecular complexity index is 991. The lowest BCUT2D eigenvalue weighted by atomic mass is 10.0. The molecule has 0 amide bonds. The first-order valence-electron chi connectivity index (χ1n) is 8.91. The number of sulfone groups is 1. The molecule has 3 aromatic carbocycles. The molecule has 0 N–H and O–H groups in total. The van der Waals surface area contributed by atoms with Crippen molar-refractivity contribution in [3.05, 3.63) is 72.3 Å². The Balaban J connectivity index is 1.63. The molecule has 26 heavy (non-hydrogen) atoms. The lowest BCUT2D eigenvalue weighted by Gasteiger charge is -2.13. The van der Waals surface area contributed by atoms with Crippen molar-refractivity contribution in [2.75, 3.05) is 12.4 Å². The van der Waals surface area contributed by atoms with Crippen LogP contribution in [0.2, 0.25) is 0 Å². The lowest BCUT2D eigenvalue weighted by molar-refractivity contribution is 0.313. The number of hydrogen-bond acceptors (Lipinski definition) is 3. The number of rotatable bonds is 7. The summed E-state index contributed by atoms with van der Waals surface area (Å²) in [6.45, 7) is 4.62. The van der Waals surface area contributed by atoms with Crippen molar-refractivity contribution in [2.45, 2.75) is 31.1 Å². The van der Waals surface area contributed by atoms with Crippen LogP contribution in [0.3, 0.4) is 0 Å². The minimum absolute atomic E-state index is 0.0786. The molecule has 0 atom stereocenters. The molecule has 0 aliphatic rings.